The van der Waals surface area contributed by atoms with Gasteiger partial charge in [-0.2, -0.15) is 0 Å². The van der Waals surface area contributed by atoms with Crippen LogP contribution in [0.4, 0.5) is 5.69 Å². The number of hydrogen-bond donors (Lipinski definition) is 0. The van der Waals surface area contributed by atoms with Crippen LogP contribution in [0, 0.1) is 0 Å². The van der Waals surface area contributed by atoms with E-state index in [1.165, 1.54) is 17.7 Å². The molecule has 0 N–H and O–H groups in total. The molecule has 0 bridgehead atoms. The van der Waals surface area contributed by atoms with Gasteiger partial charge in [0.1, 0.15) is 11.4 Å². The molecule has 0 spiro atoms. The van der Waals surface area contributed by atoms with Crippen LogP contribution in [0.25, 0.3) is 0 Å². The minimum atomic E-state index is -3.54. The normalized spacial score (nSPS) is 11.9. The number of ether oxygens (including phenoxy) is 2. The van der Waals surface area contributed by atoms with Gasteiger partial charge in [0.2, 0.25) is 15.9 Å². The molecule has 0 saturated carbocycles. The number of nitrogens with zero attached hydrogens (tertiary/aromatic N) is 2. The predicted molar refractivity (Wildman–Crippen MR) is 104 cm³/mol. The topological polar surface area (TPSA) is 68.7 Å². The molecule has 142 valence electrons. The van der Waals surface area contributed by atoms with Gasteiger partial charge in [-0.05, 0) is 34.7 Å². The number of methoxy groups -OCH3 is 2. The molecule has 0 atom stereocenters. The van der Waals surface area contributed by atoms with Gasteiger partial charge in [-0.1, -0.05) is 32.9 Å². The van der Waals surface area contributed by atoms with Crippen LogP contribution in [-0.2, 0) is 22.0 Å². The summed E-state index contributed by atoms with van der Waals surface area (Å²) >= 11 is 0. The van der Waals surface area contributed by atoms with Crippen molar-refractivity contribution in [3.8, 4) is 11.6 Å². The average molecular weight is 378 g/mol. The van der Waals surface area contributed by atoms with Crippen molar-refractivity contribution >= 4 is 15.7 Å². The van der Waals surface area contributed by atoms with Crippen molar-refractivity contribution in [3.05, 3.63) is 47.7 Å². The predicted octanol–water partition coefficient (Wildman–Crippen LogP) is 3.36. The monoisotopic (exact) mass is 378 g/mol. The lowest BCUT2D eigenvalue weighted by Gasteiger charge is -2.26. The molecule has 0 amide bonds. The van der Waals surface area contributed by atoms with Crippen molar-refractivity contribution in [3.63, 3.8) is 0 Å². The molecule has 0 aliphatic carbocycles. The van der Waals surface area contributed by atoms with Crippen molar-refractivity contribution in [2.45, 2.75) is 32.7 Å². The number of pyridine rings is 1. The Hall–Kier alpha value is -2.28. The summed E-state index contributed by atoms with van der Waals surface area (Å²) in [4.78, 5) is 4.32. The van der Waals surface area contributed by atoms with E-state index in [9.17, 15) is 8.42 Å². The second kappa shape index (κ2) is 7.53. The highest BCUT2D eigenvalue weighted by molar-refractivity contribution is 7.92. The van der Waals surface area contributed by atoms with Crippen LogP contribution >= 0.6 is 0 Å². The fourth-order valence-electron chi connectivity index (χ4n) is 2.46. The standard InChI is InChI=1S/C19H26N2O4S/c1-19(2,3)15-11-17(18(25-5)20-12-15)21(26(6,22)23)13-14-7-9-16(24-4)10-8-14/h7-12H,13H2,1-6H3. The van der Waals surface area contributed by atoms with Crippen molar-refractivity contribution in [1.82, 2.24) is 4.98 Å². The molecule has 6 nitrogen and oxygen atoms in total. The van der Waals surface area contributed by atoms with Gasteiger partial charge in [-0.3, -0.25) is 4.31 Å². The van der Waals surface area contributed by atoms with E-state index >= 15 is 0 Å². The molecule has 2 rings (SSSR count). The molecule has 1 aromatic carbocycles. The molecule has 26 heavy (non-hydrogen) atoms. The van der Waals surface area contributed by atoms with E-state index in [1.54, 1.807) is 25.4 Å². The quantitative estimate of drug-likeness (QED) is 0.771. The maximum absolute atomic E-state index is 12.5. The third-order valence-corrected chi connectivity index (χ3v) is 5.17. The van der Waals surface area contributed by atoms with E-state index in [4.69, 9.17) is 9.47 Å². The maximum atomic E-state index is 12.5. The highest BCUT2D eigenvalue weighted by atomic mass is 32.2. The van der Waals surface area contributed by atoms with Crippen LogP contribution in [0.15, 0.2) is 36.5 Å². The molecule has 0 aliphatic rings. The van der Waals surface area contributed by atoms with Crippen molar-refractivity contribution in [2.75, 3.05) is 24.8 Å². The van der Waals surface area contributed by atoms with Gasteiger partial charge in [-0.25, -0.2) is 13.4 Å². The molecule has 2 aromatic rings. The lowest BCUT2D eigenvalue weighted by atomic mass is 9.88. The van der Waals surface area contributed by atoms with E-state index in [0.717, 1.165) is 11.1 Å². The fourth-order valence-corrected chi connectivity index (χ4v) is 3.34. The van der Waals surface area contributed by atoms with E-state index in [0.29, 0.717) is 11.4 Å². The van der Waals surface area contributed by atoms with Gasteiger partial charge >= 0.3 is 0 Å². The Bertz CT molecular complexity index is 856. The zero-order chi connectivity index (χ0) is 19.5. The zero-order valence-electron chi connectivity index (χ0n) is 16.1. The molecule has 0 saturated heterocycles. The van der Waals surface area contributed by atoms with Crippen LogP contribution in [0.3, 0.4) is 0 Å². The third-order valence-electron chi connectivity index (χ3n) is 4.05. The highest BCUT2D eigenvalue weighted by Crippen LogP contribution is 2.34. The molecular weight excluding hydrogens is 352 g/mol. The largest absolute Gasteiger partial charge is 0.497 e. The van der Waals surface area contributed by atoms with Gasteiger partial charge in [0, 0.05) is 6.20 Å². The fraction of sp³-hybridized carbons (Fsp3) is 0.421. The lowest BCUT2D eigenvalue weighted by Crippen LogP contribution is -2.30. The minimum absolute atomic E-state index is 0.169. The number of rotatable bonds is 6. The molecule has 0 fully saturated rings. The summed E-state index contributed by atoms with van der Waals surface area (Å²) in [7, 11) is -0.472. The second-order valence-electron chi connectivity index (χ2n) is 7.12. The van der Waals surface area contributed by atoms with Gasteiger partial charge in [0.15, 0.2) is 0 Å². The average Bonchev–Trinajstić information content (AvgIpc) is 2.58. The van der Waals surface area contributed by atoms with Gasteiger partial charge in [0.25, 0.3) is 0 Å². The SMILES string of the molecule is COc1ccc(CN(c2cc(C(C)(C)C)cnc2OC)S(C)(=O)=O)cc1. The summed E-state index contributed by atoms with van der Waals surface area (Å²) in [5, 5.41) is 0. The van der Waals surface area contributed by atoms with Crippen molar-refractivity contribution in [2.24, 2.45) is 0 Å². The molecular formula is C19H26N2O4S. The first-order valence-electron chi connectivity index (χ1n) is 8.21. The minimum Gasteiger partial charge on any atom is -0.497 e. The van der Waals surface area contributed by atoms with Gasteiger partial charge in [-0.15, -0.1) is 0 Å². The Morgan fingerprint density at radius 1 is 1.08 bits per heavy atom. The molecule has 1 heterocycles. The van der Waals surface area contributed by atoms with Crippen LogP contribution in [0.2, 0.25) is 0 Å². The Morgan fingerprint density at radius 2 is 1.69 bits per heavy atom. The first kappa shape index (κ1) is 20.0. The summed E-state index contributed by atoms with van der Waals surface area (Å²) < 4.78 is 36.8. The summed E-state index contributed by atoms with van der Waals surface area (Å²) in [6.07, 6.45) is 2.90. The van der Waals surface area contributed by atoms with Crippen LogP contribution in [0.5, 0.6) is 11.6 Å². The first-order chi connectivity index (χ1) is 12.1. The van der Waals surface area contributed by atoms with E-state index < -0.39 is 10.0 Å². The van der Waals surface area contributed by atoms with Gasteiger partial charge < -0.3 is 9.47 Å². The van der Waals surface area contributed by atoms with Gasteiger partial charge in [0.05, 0.1) is 27.0 Å². The van der Waals surface area contributed by atoms with E-state index in [2.05, 4.69) is 25.8 Å². The molecule has 0 radical (unpaired) electrons. The first-order valence-corrected chi connectivity index (χ1v) is 10.1. The zero-order valence-corrected chi connectivity index (χ0v) is 16.9. The number of benzene rings is 1. The number of hydrogen-bond acceptors (Lipinski definition) is 5. The lowest BCUT2D eigenvalue weighted by molar-refractivity contribution is 0.397. The van der Waals surface area contributed by atoms with Crippen LogP contribution in [0.1, 0.15) is 31.9 Å². The number of sulfonamides is 1. The molecule has 7 heteroatoms. The van der Waals surface area contributed by atoms with Crippen molar-refractivity contribution < 1.29 is 17.9 Å². The summed E-state index contributed by atoms with van der Waals surface area (Å²) in [6, 6.07) is 9.11. The summed E-state index contributed by atoms with van der Waals surface area (Å²) in [5.41, 5.74) is 2.02. The van der Waals surface area contributed by atoms with Crippen LogP contribution in [-0.4, -0.2) is 33.9 Å². The Balaban J connectivity index is 2.52. The summed E-state index contributed by atoms with van der Waals surface area (Å²) in [5.74, 6) is 0.991. The molecule has 1 aromatic heterocycles. The second-order valence-corrected chi connectivity index (χ2v) is 9.03. The smallest absolute Gasteiger partial charge is 0.238 e. The van der Waals surface area contributed by atoms with E-state index in [-0.39, 0.29) is 17.8 Å². The Labute approximate surface area is 155 Å². The Morgan fingerprint density at radius 3 is 2.15 bits per heavy atom. The third kappa shape index (κ3) is 4.66. The summed E-state index contributed by atoms with van der Waals surface area (Å²) in [6.45, 7) is 6.33. The Kier molecular flexibility index (Phi) is 5.81. The maximum Gasteiger partial charge on any atom is 0.238 e. The number of anilines is 1. The highest BCUT2D eigenvalue weighted by Gasteiger charge is 2.25. The molecule has 0 aliphatic heterocycles. The molecule has 0 unspecified atom stereocenters. The van der Waals surface area contributed by atoms with Crippen molar-refractivity contribution in [1.29, 1.82) is 0 Å². The number of aromatic nitrogens is 1. The van der Waals surface area contributed by atoms with Crippen LogP contribution < -0.4 is 13.8 Å². The van der Waals surface area contributed by atoms with E-state index in [1.807, 2.05) is 18.2 Å².